The smallest absolute Gasteiger partial charge is 0.299 e. The molecule has 2 N–H and O–H groups in total. The van der Waals surface area contributed by atoms with Crippen molar-refractivity contribution >= 4 is 5.52 Å². The minimum atomic E-state index is -4.53. The Bertz CT molecular complexity index is 1290. The van der Waals surface area contributed by atoms with E-state index in [1.165, 1.54) is 16.7 Å². The number of aromatic nitrogens is 2. The van der Waals surface area contributed by atoms with E-state index < -0.39 is 11.7 Å². The number of fused-ring (bicyclic) bond motifs is 1. The Labute approximate surface area is 235 Å². The van der Waals surface area contributed by atoms with Crippen molar-refractivity contribution in [3.05, 3.63) is 40.1 Å². The van der Waals surface area contributed by atoms with Gasteiger partial charge in [-0.15, -0.1) is 0 Å². The Morgan fingerprint density at radius 3 is 2.52 bits per heavy atom. The number of nitrogens with one attached hydrogen (secondary N) is 2. The number of hydrogen-bond donors (Lipinski definition) is 2. The van der Waals surface area contributed by atoms with Gasteiger partial charge in [0.1, 0.15) is 0 Å². The SMILES string of the molecule is C[C@H]1CCCN(Cc2cc(C(F)(F)F)c3cn(C4CCCC(C5(C6NNCN6C)CC(C)(C)C5)C4)c(=O)n3c2)C1. The van der Waals surface area contributed by atoms with E-state index >= 15 is 0 Å². The van der Waals surface area contributed by atoms with Gasteiger partial charge in [-0.25, -0.2) is 15.6 Å². The highest BCUT2D eigenvalue weighted by Crippen LogP contribution is 2.63. The molecule has 0 amide bonds. The minimum absolute atomic E-state index is 0.0312. The molecule has 4 aliphatic rings. The van der Waals surface area contributed by atoms with Gasteiger partial charge in [-0.2, -0.15) is 13.2 Å². The van der Waals surface area contributed by atoms with E-state index in [1.54, 1.807) is 10.8 Å². The van der Waals surface area contributed by atoms with Gasteiger partial charge in [0, 0.05) is 36.9 Å². The van der Waals surface area contributed by atoms with E-state index in [1.807, 2.05) is 0 Å². The van der Waals surface area contributed by atoms with E-state index in [9.17, 15) is 18.0 Å². The van der Waals surface area contributed by atoms with Crippen LogP contribution in [-0.4, -0.2) is 51.7 Å². The van der Waals surface area contributed by atoms with Crippen LogP contribution in [0.15, 0.2) is 23.3 Å². The third-order valence-corrected chi connectivity index (χ3v) is 10.3. The molecule has 10 heteroatoms. The molecule has 2 aliphatic heterocycles. The van der Waals surface area contributed by atoms with Crippen LogP contribution in [0.1, 0.15) is 89.3 Å². The summed E-state index contributed by atoms with van der Waals surface area (Å²) in [5, 5.41) is 0. The fourth-order valence-corrected chi connectivity index (χ4v) is 8.95. The lowest BCUT2D eigenvalue weighted by Gasteiger charge is -2.62. The lowest BCUT2D eigenvalue weighted by atomic mass is 9.46. The third kappa shape index (κ3) is 5.03. The monoisotopic (exact) mass is 562 g/mol. The highest BCUT2D eigenvalue weighted by Gasteiger charge is 2.59. The van der Waals surface area contributed by atoms with Crippen molar-refractivity contribution in [3.63, 3.8) is 0 Å². The predicted octanol–water partition coefficient (Wildman–Crippen LogP) is 5.21. The van der Waals surface area contributed by atoms with Crippen molar-refractivity contribution in [2.45, 2.75) is 97.1 Å². The number of likely N-dealkylation sites (tertiary alicyclic amines) is 1. The molecule has 2 aromatic rings. The molecule has 2 saturated heterocycles. The number of hydrazine groups is 1. The highest BCUT2D eigenvalue weighted by atomic mass is 19.4. The van der Waals surface area contributed by atoms with E-state index in [2.05, 4.69) is 48.5 Å². The number of halogens is 3. The maximum Gasteiger partial charge on any atom is 0.418 e. The molecule has 4 heterocycles. The average molecular weight is 563 g/mol. The zero-order chi connectivity index (χ0) is 28.4. The summed E-state index contributed by atoms with van der Waals surface area (Å²) in [6.07, 6.45) is 6.94. The van der Waals surface area contributed by atoms with Gasteiger partial charge in [0.2, 0.25) is 0 Å². The maximum atomic E-state index is 14.3. The Morgan fingerprint density at radius 1 is 1.10 bits per heavy atom. The standard InChI is InChI=1S/C30H45F3N6O/c1-20-7-6-10-37(13-20)14-21-11-24(30(31,32)33)25-16-38(27(40)39(25)15-21)23-9-5-8-22(12-23)29(17-28(2,3)18-29)26-35-34-19-36(26)4/h11,15-16,20,22-23,26,34-35H,5-10,12-14,17-19H2,1-4H3/t20-,22?,23?,26?/m0/s1. The van der Waals surface area contributed by atoms with Crippen molar-refractivity contribution in [3.8, 4) is 0 Å². The lowest BCUT2D eigenvalue weighted by molar-refractivity contribution is -0.136. The quantitative estimate of drug-likeness (QED) is 0.524. The number of hydrogen-bond acceptors (Lipinski definition) is 5. The van der Waals surface area contributed by atoms with Crippen LogP contribution in [0.4, 0.5) is 13.2 Å². The van der Waals surface area contributed by atoms with Gasteiger partial charge >= 0.3 is 11.9 Å². The van der Waals surface area contributed by atoms with E-state index in [0.29, 0.717) is 23.9 Å². The predicted molar refractivity (Wildman–Crippen MR) is 149 cm³/mol. The van der Waals surface area contributed by atoms with Crippen LogP contribution in [-0.2, 0) is 12.7 Å². The molecule has 0 radical (unpaired) electrons. The molecule has 4 fully saturated rings. The van der Waals surface area contributed by atoms with Crippen molar-refractivity contribution in [1.82, 2.24) is 29.6 Å². The van der Waals surface area contributed by atoms with Gasteiger partial charge in [-0.1, -0.05) is 27.2 Å². The summed E-state index contributed by atoms with van der Waals surface area (Å²) in [6.45, 7) is 9.79. The lowest BCUT2D eigenvalue weighted by Crippen LogP contribution is -2.62. The number of alkyl halides is 3. The zero-order valence-electron chi connectivity index (χ0n) is 24.4. The summed E-state index contributed by atoms with van der Waals surface area (Å²) in [6, 6.07) is 1.17. The number of nitrogens with zero attached hydrogens (tertiary/aromatic N) is 4. The Balaban J connectivity index is 1.32. The van der Waals surface area contributed by atoms with Gasteiger partial charge in [0.05, 0.1) is 23.9 Å². The van der Waals surface area contributed by atoms with Crippen LogP contribution in [0.2, 0.25) is 0 Å². The van der Waals surface area contributed by atoms with Gasteiger partial charge in [0.25, 0.3) is 0 Å². The van der Waals surface area contributed by atoms with Gasteiger partial charge in [-0.05, 0) is 87.4 Å². The average Bonchev–Trinajstić information content (AvgIpc) is 3.44. The molecule has 6 rings (SSSR count). The molecule has 2 aromatic heterocycles. The molecule has 3 unspecified atom stereocenters. The Hall–Kier alpha value is -1.88. The van der Waals surface area contributed by atoms with Crippen LogP contribution < -0.4 is 16.5 Å². The molecule has 0 bridgehead atoms. The first-order valence-corrected chi connectivity index (χ1v) is 15.1. The van der Waals surface area contributed by atoms with Crippen molar-refractivity contribution in [2.24, 2.45) is 22.7 Å². The molecule has 0 aromatic carbocycles. The summed E-state index contributed by atoms with van der Waals surface area (Å²) in [5.41, 5.74) is 6.62. The van der Waals surface area contributed by atoms with Crippen molar-refractivity contribution < 1.29 is 13.2 Å². The highest BCUT2D eigenvalue weighted by molar-refractivity contribution is 5.56. The molecule has 2 aliphatic carbocycles. The number of imidazole rings is 1. The molecule has 40 heavy (non-hydrogen) atoms. The van der Waals surface area contributed by atoms with Gasteiger partial charge in [-0.3, -0.25) is 18.8 Å². The van der Waals surface area contributed by atoms with Crippen molar-refractivity contribution in [1.29, 1.82) is 0 Å². The second-order valence-corrected chi connectivity index (χ2v) is 14.2. The van der Waals surface area contributed by atoms with Crippen LogP contribution in [0.3, 0.4) is 0 Å². The van der Waals surface area contributed by atoms with E-state index in [4.69, 9.17) is 0 Å². The van der Waals surface area contributed by atoms with Gasteiger partial charge < -0.3 is 0 Å². The Morgan fingerprint density at radius 2 is 1.88 bits per heavy atom. The number of piperidine rings is 1. The molecule has 222 valence electrons. The first kappa shape index (κ1) is 28.2. The summed E-state index contributed by atoms with van der Waals surface area (Å²) < 4.78 is 45.9. The fraction of sp³-hybridized carbons (Fsp3) is 0.767. The number of pyridine rings is 1. The minimum Gasteiger partial charge on any atom is -0.299 e. The Kier molecular flexibility index (Phi) is 7.16. The maximum absolute atomic E-state index is 14.3. The molecule has 0 spiro atoms. The topological polar surface area (TPSA) is 57.0 Å². The van der Waals surface area contributed by atoms with Crippen LogP contribution in [0, 0.1) is 22.7 Å². The first-order chi connectivity index (χ1) is 18.9. The summed E-state index contributed by atoms with van der Waals surface area (Å²) in [7, 11) is 2.14. The van der Waals surface area contributed by atoms with Crippen LogP contribution in [0.25, 0.3) is 5.52 Å². The van der Waals surface area contributed by atoms with E-state index in [-0.39, 0.29) is 34.2 Å². The molecule has 4 atom stereocenters. The molecule has 7 nitrogen and oxygen atoms in total. The summed E-state index contributed by atoms with van der Waals surface area (Å²) in [4.78, 5) is 18.3. The molecular formula is C30H45F3N6O. The van der Waals surface area contributed by atoms with Crippen molar-refractivity contribution in [2.75, 3.05) is 26.8 Å². The second kappa shape index (κ2) is 10.1. The third-order valence-electron chi connectivity index (χ3n) is 10.3. The summed E-state index contributed by atoms with van der Waals surface area (Å²) >= 11 is 0. The second-order valence-electron chi connectivity index (χ2n) is 14.2. The largest absolute Gasteiger partial charge is 0.418 e. The normalized spacial score (nSPS) is 31.5. The van der Waals surface area contributed by atoms with Crippen LogP contribution >= 0.6 is 0 Å². The van der Waals surface area contributed by atoms with Crippen LogP contribution in [0.5, 0.6) is 0 Å². The molecular weight excluding hydrogens is 517 g/mol. The molecule has 2 saturated carbocycles. The van der Waals surface area contributed by atoms with E-state index in [0.717, 1.165) is 71.1 Å². The summed E-state index contributed by atoms with van der Waals surface area (Å²) in [5.74, 6) is 0.926. The van der Waals surface area contributed by atoms with Gasteiger partial charge in [0.15, 0.2) is 0 Å². The first-order valence-electron chi connectivity index (χ1n) is 15.1. The fourth-order valence-electron chi connectivity index (χ4n) is 8.95. The zero-order valence-corrected chi connectivity index (χ0v) is 24.4. The number of rotatable bonds is 5.